The maximum absolute atomic E-state index is 10.1. The van der Waals surface area contributed by atoms with Gasteiger partial charge in [-0.3, -0.25) is 4.79 Å². The standard InChI is InChI=1S/C5H11NO2S.2C4H5NS.2Na/c1-9-3-2-4(6)5(7)8;2*1-2-4-6-5-3-1;;/h4H,2-3,6H2,1H3,(H,7,8);2*1-5H;;/t4-;;;;/m0..../s1. The number of aliphatic carboxylic acids is 1. The third-order valence-corrected chi connectivity index (χ3v) is 3.70. The van der Waals surface area contributed by atoms with Crippen LogP contribution < -0.4 is 15.2 Å². The van der Waals surface area contributed by atoms with Crippen LogP contribution >= 0.6 is 35.7 Å². The quantitative estimate of drug-likeness (QED) is 0.426. The number of thioether (sulfide) groups is 1. The second-order valence-corrected chi connectivity index (χ2v) is 6.05. The van der Waals surface area contributed by atoms with E-state index in [1.54, 1.807) is 35.7 Å². The zero-order valence-corrected chi connectivity index (χ0v) is 20.2. The third kappa shape index (κ3) is 23.0. The Bertz CT molecular complexity index is 347. The fraction of sp³-hybridized carbons (Fsp3) is 0.308. The molecule has 0 spiro atoms. The van der Waals surface area contributed by atoms with E-state index in [-0.39, 0.29) is 59.1 Å². The monoisotopic (exact) mass is 393 g/mol. The molecule has 0 aromatic carbocycles. The molecule has 0 saturated carbocycles. The Labute approximate surface area is 195 Å². The van der Waals surface area contributed by atoms with Crippen molar-refractivity contribution >= 4 is 101 Å². The fourth-order valence-electron chi connectivity index (χ4n) is 0.884. The summed E-state index contributed by atoms with van der Waals surface area (Å²) in [6.45, 7) is 0. The SMILES string of the molecule is C1=CNSC=C1.C1=CNSC=C1.CSCC[C@H](N)C(=O)O.[Na].[Na]. The predicted octanol–water partition coefficient (Wildman–Crippen LogP) is 1.92. The molecular formula is C13H21N3Na2O2S3. The van der Waals surface area contributed by atoms with Crippen LogP contribution in [0.3, 0.4) is 0 Å². The summed E-state index contributed by atoms with van der Waals surface area (Å²) in [5.41, 5.74) is 5.19. The van der Waals surface area contributed by atoms with Gasteiger partial charge in [-0.25, -0.2) is 0 Å². The molecule has 2 aliphatic rings. The average Bonchev–Trinajstić information content (AvgIpc) is 2.57. The van der Waals surface area contributed by atoms with E-state index in [2.05, 4.69) is 9.44 Å². The number of nitrogens with two attached hydrogens (primary N) is 1. The molecule has 2 heterocycles. The minimum Gasteiger partial charge on any atom is -0.480 e. The van der Waals surface area contributed by atoms with Gasteiger partial charge in [-0.05, 0) is 65.3 Å². The molecule has 0 bridgehead atoms. The molecule has 0 amide bonds. The minimum absolute atomic E-state index is 0. The van der Waals surface area contributed by atoms with Crippen molar-refractivity contribution in [3.63, 3.8) is 0 Å². The zero-order chi connectivity index (χ0) is 15.8. The van der Waals surface area contributed by atoms with Crippen LogP contribution in [0.25, 0.3) is 0 Å². The molecule has 0 fully saturated rings. The van der Waals surface area contributed by atoms with Crippen molar-refractivity contribution in [1.29, 1.82) is 0 Å². The Balaban J connectivity index is -0.000000255. The molecule has 2 aliphatic heterocycles. The normalized spacial score (nSPS) is 14.2. The Morgan fingerprint density at radius 1 is 1.13 bits per heavy atom. The number of carboxylic acids is 1. The van der Waals surface area contributed by atoms with Gasteiger partial charge in [0.1, 0.15) is 6.04 Å². The second-order valence-electron chi connectivity index (χ2n) is 3.57. The minimum atomic E-state index is -0.913. The molecule has 0 aromatic rings. The topological polar surface area (TPSA) is 87.4 Å². The van der Waals surface area contributed by atoms with Crippen LogP contribution in [0.2, 0.25) is 0 Å². The molecule has 0 aromatic heterocycles. The first kappa shape index (κ1) is 28.8. The summed E-state index contributed by atoms with van der Waals surface area (Å²) in [5.74, 6) is -0.1000. The maximum atomic E-state index is 10.1. The van der Waals surface area contributed by atoms with Crippen molar-refractivity contribution in [2.24, 2.45) is 5.73 Å². The van der Waals surface area contributed by atoms with Gasteiger partial charge in [0.15, 0.2) is 0 Å². The first-order chi connectivity index (χ1) is 10.2. The Morgan fingerprint density at radius 2 is 1.61 bits per heavy atom. The van der Waals surface area contributed by atoms with Gasteiger partial charge in [0, 0.05) is 71.5 Å². The number of nitrogens with one attached hydrogen (secondary N) is 2. The molecule has 0 aliphatic carbocycles. The smallest absolute Gasteiger partial charge is 0.320 e. The zero-order valence-electron chi connectivity index (χ0n) is 13.8. The van der Waals surface area contributed by atoms with Crippen LogP contribution in [-0.4, -0.2) is 88.2 Å². The number of hydrogen-bond acceptors (Lipinski definition) is 7. The fourth-order valence-corrected chi connectivity index (χ4v) is 2.18. The summed E-state index contributed by atoms with van der Waals surface area (Å²) in [6, 6.07) is -0.683. The van der Waals surface area contributed by atoms with Gasteiger partial charge < -0.3 is 20.3 Å². The first-order valence-electron chi connectivity index (χ1n) is 6.11. The van der Waals surface area contributed by atoms with E-state index in [9.17, 15) is 4.79 Å². The van der Waals surface area contributed by atoms with E-state index in [1.807, 2.05) is 53.8 Å². The van der Waals surface area contributed by atoms with E-state index >= 15 is 0 Å². The van der Waals surface area contributed by atoms with Crippen LogP contribution in [0.1, 0.15) is 6.42 Å². The van der Waals surface area contributed by atoms with Crippen molar-refractivity contribution in [1.82, 2.24) is 9.44 Å². The van der Waals surface area contributed by atoms with Crippen molar-refractivity contribution in [3.05, 3.63) is 47.5 Å². The van der Waals surface area contributed by atoms with Gasteiger partial charge in [0.25, 0.3) is 0 Å². The molecule has 23 heavy (non-hydrogen) atoms. The summed E-state index contributed by atoms with van der Waals surface area (Å²) >= 11 is 4.76. The predicted molar refractivity (Wildman–Crippen MR) is 108 cm³/mol. The van der Waals surface area contributed by atoms with Crippen LogP contribution in [0, 0.1) is 0 Å². The van der Waals surface area contributed by atoms with Crippen LogP contribution in [0.15, 0.2) is 47.5 Å². The van der Waals surface area contributed by atoms with E-state index < -0.39 is 12.0 Å². The summed E-state index contributed by atoms with van der Waals surface area (Å²) < 4.78 is 5.87. The van der Waals surface area contributed by atoms with E-state index in [0.717, 1.165) is 5.75 Å². The summed E-state index contributed by atoms with van der Waals surface area (Å²) in [4.78, 5) is 10.1. The molecule has 5 N–H and O–H groups in total. The number of hydrogen-bond donors (Lipinski definition) is 4. The second kappa shape index (κ2) is 23.0. The van der Waals surface area contributed by atoms with E-state index in [1.165, 1.54) is 0 Å². The molecule has 1 atom stereocenters. The van der Waals surface area contributed by atoms with Crippen LogP contribution in [0.4, 0.5) is 0 Å². The Kier molecular flexibility index (Phi) is 28.9. The van der Waals surface area contributed by atoms with Crippen molar-refractivity contribution in [2.75, 3.05) is 12.0 Å². The molecule has 5 nitrogen and oxygen atoms in total. The third-order valence-electron chi connectivity index (χ3n) is 1.93. The van der Waals surface area contributed by atoms with Crippen LogP contribution in [0.5, 0.6) is 0 Å². The summed E-state index contributed by atoms with van der Waals surface area (Å²) in [5, 5.41) is 12.2. The molecule has 2 radical (unpaired) electrons. The molecule has 0 saturated heterocycles. The van der Waals surface area contributed by atoms with Crippen LogP contribution in [-0.2, 0) is 4.79 Å². The Morgan fingerprint density at radius 3 is 1.78 bits per heavy atom. The number of allylic oxidation sites excluding steroid dienone is 4. The molecular weight excluding hydrogens is 372 g/mol. The number of carboxylic acid groups (broad SMARTS) is 1. The van der Waals surface area contributed by atoms with Gasteiger partial charge in [0.2, 0.25) is 0 Å². The molecule has 2 rings (SSSR count). The number of carbonyl (C=O) groups is 1. The largest absolute Gasteiger partial charge is 0.480 e. The van der Waals surface area contributed by atoms with Gasteiger partial charge in [0.05, 0.1) is 0 Å². The van der Waals surface area contributed by atoms with Gasteiger partial charge in [-0.1, -0.05) is 12.2 Å². The molecule has 120 valence electrons. The van der Waals surface area contributed by atoms with E-state index in [4.69, 9.17) is 10.8 Å². The van der Waals surface area contributed by atoms with Crippen molar-refractivity contribution < 1.29 is 9.90 Å². The Hall–Kier alpha value is 1.04. The summed E-state index contributed by atoms with van der Waals surface area (Å²) in [6.07, 6.45) is 14.1. The van der Waals surface area contributed by atoms with Gasteiger partial charge in [-0.15, -0.1) is 0 Å². The van der Waals surface area contributed by atoms with Crippen molar-refractivity contribution in [2.45, 2.75) is 12.5 Å². The van der Waals surface area contributed by atoms with E-state index in [0.29, 0.717) is 6.42 Å². The first-order valence-corrected chi connectivity index (χ1v) is 9.27. The number of rotatable bonds is 4. The maximum Gasteiger partial charge on any atom is 0.320 e. The molecule has 0 unspecified atom stereocenters. The van der Waals surface area contributed by atoms with Crippen molar-refractivity contribution in [3.8, 4) is 0 Å². The van der Waals surface area contributed by atoms with Gasteiger partial charge >= 0.3 is 5.97 Å². The summed E-state index contributed by atoms with van der Waals surface area (Å²) in [7, 11) is 0. The average molecular weight is 394 g/mol. The molecule has 10 heteroatoms. The van der Waals surface area contributed by atoms with Gasteiger partial charge in [-0.2, -0.15) is 11.8 Å².